The van der Waals surface area contributed by atoms with Crippen molar-refractivity contribution in [3.05, 3.63) is 47.3 Å². The fourth-order valence-electron chi connectivity index (χ4n) is 2.61. The van der Waals surface area contributed by atoms with Gasteiger partial charge in [0.15, 0.2) is 0 Å². The monoisotopic (exact) mass is 286 g/mol. The van der Waals surface area contributed by atoms with Crippen molar-refractivity contribution in [2.45, 2.75) is 19.9 Å². The number of ether oxygens (including phenoxy) is 1. The van der Waals surface area contributed by atoms with Crippen LogP contribution in [0, 0.1) is 12.8 Å². The zero-order valence-corrected chi connectivity index (χ0v) is 12.2. The molecule has 0 saturated carbocycles. The van der Waals surface area contributed by atoms with Gasteiger partial charge in [-0.05, 0) is 25.0 Å². The SMILES string of the molecule is Cc1cc(CN(C)C(=O)[C@@H]2COc3ccccc3C2)no1. The summed E-state index contributed by atoms with van der Waals surface area (Å²) >= 11 is 0. The number of aryl methyl sites for hydroxylation is 1. The number of carbonyl (C=O) groups is 1. The fraction of sp³-hybridized carbons (Fsp3) is 0.375. The van der Waals surface area contributed by atoms with Gasteiger partial charge in [-0.25, -0.2) is 0 Å². The van der Waals surface area contributed by atoms with E-state index in [1.807, 2.05) is 37.3 Å². The summed E-state index contributed by atoms with van der Waals surface area (Å²) in [6.45, 7) is 2.72. The molecular formula is C16H18N2O3. The number of para-hydroxylation sites is 1. The van der Waals surface area contributed by atoms with Gasteiger partial charge in [0.1, 0.15) is 23.8 Å². The minimum atomic E-state index is -0.141. The molecule has 0 spiro atoms. The zero-order chi connectivity index (χ0) is 14.8. The second-order valence-electron chi connectivity index (χ2n) is 5.44. The lowest BCUT2D eigenvalue weighted by Crippen LogP contribution is -2.38. The molecule has 110 valence electrons. The van der Waals surface area contributed by atoms with Crippen LogP contribution in [-0.4, -0.2) is 29.6 Å². The first-order chi connectivity index (χ1) is 10.1. The Balaban J connectivity index is 1.66. The number of hydrogen-bond acceptors (Lipinski definition) is 4. The average Bonchev–Trinajstić information content (AvgIpc) is 2.91. The second-order valence-corrected chi connectivity index (χ2v) is 5.44. The van der Waals surface area contributed by atoms with E-state index < -0.39 is 0 Å². The molecule has 1 aliphatic heterocycles. The van der Waals surface area contributed by atoms with E-state index in [4.69, 9.17) is 9.26 Å². The molecule has 21 heavy (non-hydrogen) atoms. The molecule has 0 aliphatic carbocycles. The smallest absolute Gasteiger partial charge is 0.229 e. The van der Waals surface area contributed by atoms with Crippen LogP contribution in [0.2, 0.25) is 0 Å². The highest BCUT2D eigenvalue weighted by Crippen LogP contribution is 2.27. The first kappa shape index (κ1) is 13.7. The maximum atomic E-state index is 12.5. The van der Waals surface area contributed by atoms with Crippen molar-refractivity contribution in [2.75, 3.05) is 13.7 Å². The predicted molar refractivity (Wildman–Crippen MR) is 76.8 cm³/mol. The number of rotatable bonds is 3. The van der Waals surface area contributed by atoms with Crippen LogP contribution in [-0.2, 0) is 17.8 Å². The van der Waals surface area contributed by atoms with E-state index in [9.17, 15) is 4.79 Å². The van der Waals surface area contributed by atoms with Crippen molar-refractivity contribution in [3.63, 3.8) is 0 Å². The standard InChI is InChI=1S/C16H18N2O3/c1-11-7-14(17-21-11)9-18(2)16(19)13-8-12-5-3-4-6-15(12)20-10-13/h3-7,13H,8-10H2,1-2H3/t13-/m0/s1. The Morgan fingerprint density at radius 2 is 2.24 bits per heavy atom. The molecule has 5 heteroatoms. The molecule has 0 fully saturated rings. The molecule has 3 rings (SSSR count). The summed E-state index contributed by atoms with van der Waals surface area (Å²) in [6, 6.07) is 9.71. The summed E-state index contributed by atoms with van der Waals surface area (Å²) in [5.74, 6) is 1.57. The van der Waals surface area contributed by atoms with Gasteiger partial charge in [0.05, 0.1) is 12.5 Å². The highest BCUT2D eigenvalue weighted by molar-refractivity contribution is 5.79. The van der Waals surface area contributed by atoms with E-state index >= 15 is 0 Å². The maximum Gasteiger partial charge on any atom is 0.229 e. The number of amides is 1. The van der Waals surface area contributed by atoms with Crippen LogP contribution in [0.4, 0.5) is 0 Å². The molecule has 1 aromatic carbocycles. The van der Waals surface area contributed by atoms with Crippen molar-refractivity contribution < 1.29 is 14.1 Å². The summed E-state index contributed by atoms with van der Waals surface area (Å²) in [4.78, 5) is 14.2. The van der Waals surface area contributed by atoms with E-state index in [0.717, 1.165) is 29.2 Å². The minimum Gasteiger partial charge on any atom is -0.492 e. The molecule has 2 heterocycles. The van der Waals surface area contributed by atoms with Gasteiger partial charge in [-0.15, -0.1) is 0 Å². The van der Waals surface area contributed by atoms with Gasteiger partial charge < -0.3 is 14.2 Å². The molecule has 0 N–H and O–H groups in total. The largest absolute Gasteiger partial charge is 0.492 e. The van der Waals surface area contributed by atoms with Gasteiger partial charge in [0.25, 0.3) is 0 Å². The summed E-state index contributed by atoms with van der Waals surface area (Å²) in [5.41, 5.74) is 1.85. The molecule has 5 nitrogen and oxygen atoms in total. The Morgan fingerprint density at radius 1 is 1.43 bits per heavy atom. The van der Waals surface area contributed by atoms with E-state index in [1.165, 1.54) is 0 Å². The van der Waals surface area contributed by atoms with Crippen molar-refractivity contribution in [1.29, 1.82) is 0 Å². The van der Waals surface area contributed by atoms with Gasteiger partial charge in [-0.1, -0.05) is 23.4 Å². The number of carbonyl (C=O) groups excluding carboxylic acids is 1. The van der Waals surface area contributed by atoms with E-state index in [-0.39, 0.29) is 11.8 Å². The average molecular weight is 286 g/mol. The van der Waals surface area contributed by atoms with Crippen LogP contribution in [0.3, 0.4) is 0 Å². The normalized spacial score (nSPS) is 17.0. The van der Waals surface area contributed by atoms with Gasteiger partial charge in [0, 0.05) is 13.1 Å². The topological polar surface area (TPSA) is 55.6 Å². The summed E-state index contributed by atoms with van der Waals surface area (Å²) in [5, 5.41) is 3.92. The molecule has 0 saturated heterocycles. The Kier molecular flexibility index (Phi) is 3.64. The zero-order valence-electron chi connectivity index (χ0n) is 12.2. The third-order valence-corrected chi connectivity index (χ3v) is 3.68. The Morgan fingerprint density at radius 3 is 3.00 bits per heavy atom. The van der Waals surface area contributed by atoms with Crippen LogP contribution in [0.15, 0.2) is 34.9 Å². The number of hydrogen-bond donors (Lipinski definition) is 0. The van der Waals surface area contributed by atoms with Crippen molar-refractivity contribution in [2.24, 2.45) is 5.92 Å². The van der Waals surface area contributed by atoms with Crippen LogP contribution < -0.4 is 4.74 Å². The van der Waals surface area contributed by atoms with Gasteiger partial charge in [-0.2, -0.15) is 0 Å². The number of nitrogens with zero attached hydrogens (tertiary/aromatic N) is 2. The Labute approximate surface area is 123 Å². The molecule has 1 amide bonds. The third kappa shape index (κ3) is 2.91. The lowest BCUT2D eigenvalue weighted by molar-refractivity contribution is -0.136. The Hall–Kier alpha value is -2.30. The van der Waals surface area contributed by atoms with E-state index in [1.54, 1.807) is 11.9 Å². The predicted octanol–water partition coefficient (Wildman–Crippen LogP) is 2.19. The molecule has 1 aliphatic rings. The molecule has 0 bridgehead atoms. The number of fused-ring (bicyclic) bond motifs is 1. The van der Waals surface area contributed by atoms with E-state index in [2.05, 4.69) is 5.16 Å². The van der Waals surface area contributed by atoms with Crippen molar-refractivity contribution >= 4 is 5.91 Å². The third-order valence-electron chi connectivity index (χ3n) is 3.68. The number of benzene rings is 1. The van der Waals surface area contributed by atoms with Crippen LogP contribution in [0.1, 0.15) is 17.0 Å². The summed E-state index contributed by atoms with van der Waals surface area (Å²) in [6.07, 6.45) is 0.719. The quantitative estimate of drug-likeness (QED) is 0.868. The van der Waals surface area contributed by atoms with Crippen molar-refractivity contribution in [3.8, 4) is 5.75 Å². The highest BCUT2D eigenvalue weighted by atomic mass is 16.5. The first-order valence-electron chi connectivity index (χ1n) is 7.01. The van der Waals surface area contributed by atoms with Gasteiger partial charge in [-0.3, -0.25) is 4.79 Å². The second kappa shape index (κ2) is 5.60. The van der Waals surface area contributed by atoms with Crippen LogP contribution >= 0.6 is 0 Å². The molecule has 0 radical (unpaired) electrons. The molecule has 0 unspecified atom stereocenters. The van der Waals surface area contributed by atoms with Crippen LogP contribution in [0.5, 0.6) is 5.75 Å². The van der Waals surface area contributed by atoms with E-state index in [0.29, 0.717) is 13.2 Å². The van der Waals surface area contributed by atoms with Crippen molar-refractivity contribution in [1.82, 2.24) is 10.1 Å². The summed E-state index contributed by atoms with van der Waals surface area (Å²) in [7, 11) is 1.78. The molecule has 2 aromatic rings. The fourth-order valence-corrected chi connectivity index (χ4v) is 2.61. The Bertz CT molecular complexity index is 650. The lowest BCUT2D eigenvalue weighted by Gasteiger charge is -2.27. The number of aromatic nitrogens is 1. The first-order valence-corrected chi connectivity index (χ1v) is 7.01. The van der Waals surface area contributed by atoms with Crippen LogP contribution in [0.25, 0.3) is 0 Å². The highest BCUT2D eigenvalue weighted by Gasteiger charge is 2.28. The lowest BCUT2D eigenvalue weighted by atomic mass is 9.95. The summed E-state index contributed by atoms with van der Waals surface area (Å²) < 4.78 is 10.7. The maximum absolute atomic E-state index is 12.5. The molecule has 1 aromatic heterocycles. The molecular weight excluding hydrogens is 268 g/mol. The molecule has 1 atom stereocenters. The minimum absolute atomic E-state index is 0.0742. The van der Waals surface area contributed by atoms with Gasteiger partial charge >= 0.3 is 0 Å². The van der Waals surface area contributed by atoms with Gasteiger partial charge in [0.2, 0.25) is 5.91 Å².